The molecule has 0 atom stereocenters. The van der Waals surface area contributed by atoms with Crippen LogP contribution in [0, 0.1) is 6.92 Å². The lowest BCUT2D eigenvalue weighted by Gasteiger charge is -2.11. The van der Waals surface area contributed by atoms with Gasteiger partial charge in [-0.25, -0.2) is 0 Å². The van der Waals surface area contributed by atoms with Crippen LogP contribution in [0.2, 0.25) is 0 Å². The van der Waals surface area contributed by atoms with Gasteiger partial charge in [-0.15, -0.1) is 0 Å². The summed E-state index contributed by atoms with van der Waals surface area (Å²) in [6, 6.07) is 5.58. The Morgan fingerprint density at radius 2 is 2.12 bits per heavy atom. The second-order valence-corrected chi connectivity index (χ2v) is 4.27. The third-order valence-electron chi connectivity index (χ3n) is 2.50. The SMILES string of the molecule is Cc1ccc(N)cc1OCCCC(=O)N(C)C. The van der Waals surface area contributed by atoms with Crippen LogP contribution in [0.15, 0.2) is 18.2 Å². The molecular weight excluding hydrogens is 216 g/mol. The Hall–Kier alpha value is -1.71. The summed E-state index contributed by atoms with van der Waals surface area (Å²) in [4.78, 5) is 12.9. The van der Waals surface area contributed by atoms with Crippen molar-refractivity contribution in [2.24, 2.45) is 0 Å². The second-order valence-electron chi connectivity index (χ2n) is 4.27. The van der Waals surface area contributed by atoms with Crippen LogP contribution in [0.25, 0.3) is 0 Å². The highest BCUT2D eigenvalue weighted by atomic mass is 16.5. The van der Waals surface area contributed by atoms with Crippen LogP contribution < -0.4 is 10.5 Å². The van der Waals surface area contributed by atoms with Gasteiger partial charge in [0.05, 0.1) is 6.61 Å². The number of hydrogen-bond donors (Lipinski definition) is 1. The minimum atomic E-state index is 0.123. The molecule has 2 N–H and O–H groups in total. The number of carbonyl (C=O) groups is 1. The van der Waals surface area contributed by atoms with Gasteiger partial charge in [-0.1, -0.05) is 6.07 Å². The number of nitrogens with zero attached hydrogens (tertiary/aromatic N) is 1. The lowest BCUT2D eigenvalue weighted by molar-refractivity contribution is -0.128. The number of ether oxygens (including phenoxy) is 1. The van der Waals surface area contributed by atoms with Crippen molar-refractivity contribution in [3.05, 3.63) is 23.8 Å². The Morgan fingerprint density at radius 3 is 2.76 bits per heavy atom. The molecule has 4 nitrogen and oxygen atoms in total. The molecule has 0 spiro atoms. The van der Waals surface area contributed by atoms with E-state index in [1.807, 2.05) is 25.1 Å². The highest BCUT2D eigenvalue weighted by molar-refractivity contribution is 5.75. The van der Waals surface area contributed by atoms with Gasteiger partial charge in [-0.2, -0.15) is 0 Å². The number of rotatable bonds is 5. The first-order chi connectivity index (χ1) is 8.00. The Morgan fingerprint density at radius 1 is 1.41 bits per heavy atom. The molecular formula is C13H20N2O2. The van der Waals surface area contributed by atoms with Crippen LogP contribution in [-0.4, -0.2) is 31.5 Å². The fraction of sp³-hybridized carbons (Fsp3) is 0.462. The van der Waals surface area contributed by atoms with Crippen molar-refractivity contribution in [2.45, 2.75) is 19.8 Å². The van der Waals surface area contributed by atoms with Crippen LogP contribution in [0.5, 0.6) is 5.75 Å². The molecule has 1 aromatic carbocycles. The van der Waals surface area contributed by atoms with Gasteiger partial charge >= 0.3 is 0 Å². The largest absolute Gasteiger partial charge is 0.493 e. The van der Waals surface area contributed by atoms with Crippen LogP contribution in [0.1, 0.15) is 18.4 Å². The maximum absolute atomic E-state index is 11.3. The lowest BCUT2D eigenvalue weighted by Crippen LogP contribution is -2.21. The molecule has 0 aliphatic rings. The van der Waals surface area contributed by atoms with Gasteiger partial charge in [0.25, 0.3) is 0 Å². The fourth-order valence-corrected chi connectivity index (χ4v) is 1.40. The maximum Gasteiger partial charge on any atom is 0.222 e. The average Bonchev–Trinajstić information content (AvgIpc) is 2.28. The molecule has 0 saturated carbocycles. The monoisotopic (exact) mass is 236 g/mol. The van der Waals surface area contributed by atoms with E-state index in [1.165, 1.54) is 0 Å². The van der Waals surface area contributed by atoms with Crippen molar-refractivity contribution in [3.63, 3.8) is 0 Å². The molecule has 0 saturated heterocycles. The molecule has 1 amide bonds. The zero-order valence-corrected chi connectivity index (χ0v) is 10.7. The Kier molecular flexibility index (Phi) is 4.82. The van der Waals surface area contributed by atoms with E-state index in [4.69, 9.17) is 10.5 Å². The third-order valence-corrected chi connectivity index (χ3v) is 2.50. The fourth-order valence-electron chi connectivity index (χ4n) is 1.40. The number of benzene rings is 1. The summed E-state index contributed by atoms with van der Waals surface area (Å²) < 4.78 is 5.60. The van der Waals surface area contributed by atoms with Gasteiger partial charge in [0.15, 0.2) is 0 Å². The zero-order chi connectivity index (χ0) is 12.8. The molecule has 0 aliphatic heterocycles. The molecule has 4 heteroatoms. The van der Waals surface area contributed by atoms with E-state index in [0.29, 0.717) is 25.1 Å². The predicted octanol–water partition coefficient (Wildman–Crippen LogP) is 1.82. The van der Waals surface area contributed by atoms with Gasteiger partial charge in [0.2, 0.25) is 5.91 Å². The van der Waals surface area contributed by atoms with Crippen molar-refractivity contribution < 1.29 is 9.53 Å². The van der Waals surface area contributed by atoms with E-state index < -0.39 is 0 Å². The molecule has 94 valence electrons. The molecule has 0 bridgehead atoms. The smallest absolute Gasteiger partial charge is 0.222 e. The summed E-state index contributed by atoms with van der Waals surface area (Å²) in [6.07, 6.45) is 1.22. The highest BCUT2D eigenvalue weighted by Crippen LogP contribution is 2.20. The molecule has 0 aliphatic carbocycles. The number of hydrogen-bond acceptors (Lipinski definition) is 3. The number of amides is 1. The Bertz CT molecular complexity index is 389. The quantitative estimate of drug-likeness (QED) is 0.626. The van der Waals surface area contributed by atoms with Gasteiger partial charge in [-0.05, 0) is 25.0 Å². The van der Waals surface area contributed by atoms with E-state index in [2.05, 4.69) is 0 Å². The van der Waals surface area contributed by atoms with Gasteiger partial charge < -0.3 is 15.4 Å². The van der Waals surface area contributed by atoms with Crippen molar-refractivity contribution in [1.82, 2.24) is 4.90 Å². The predicted molar refractivity (Wildman–Crippen MR) is 69.0 cm³/mol. The first kappa shape index (κ1) is 13.4. The van der Waals surface area contributed by atoms with Crippen LogP contribution in [0.4, 0.5) is 5.69 Å². The average molecular weight is 236 g/mol. The first-order valence-corrected chi connectivity index (χ1v) is 5.70. The van der Waals surface area contributed by atoms with Crippen LogP contribution in [-0.2, 0) is 4.79 Å². The van der Waals surface area contributed by atoms with E-state index in [0.717, 1.165) is 11.3 Å². The van der Waals surface area contributed by atoms with E-state index in [9.17, 15) is 4.79 Å². The number of carbonyl (C=O) groups excluding carboxylic acids is 1. The number of aryl methyl sites for hydroxylation is 1. The molecule has 17 heavy (non-hydrogen) atoms. The van der Waals surface area contributed by atoms with Gasteiger partial charge in [-0.3, -0.25) is 4.79 Å². The summed E-state index contributed by atoms with van der Waals surface area (Å²) in [5.41, 5.74) is 7.42. The maximum atomic E-state index is 11.3. The van der Waals surface area contributed by atoms with Crippen molar-refractivity contribution >= 4 is 11.6 Å². The normalized spacial score (nSPS) is 10.1. The molecule has 0 radical (unpaired) electrons. The van der Waals surface area contributed by atoms with Gasteiger partial charge in [0, 0.05) is 32.3 Å². The van der Waals surface area contributed by atoms with E-state index in [-0.39, 0.29) is 5.91 Å². The summed E-state index contributed by atoms with van der Waals surface area (Å²) in [6.45, 7) is 2.50. The molecule has 0 aromatic heterocycles. The standard InChI is InChI=1S/C13H20N2O2/c1-10-6-7-11(14)9-12(10)17-8-4-5-13(16)15(2)3/h6-7,9H,4-5,8,14H2,1-3H3. The highest BCUT2D eigenvalue weighted by Gasteiger charge is 2.04. The second kappa shape index (κ2) is 6.13. The summed E-state index contributed by atoms with van der Waals surface area (Å²) in [5, 5.41) is 0. The van der Waals surface area contributed by atoms with Crippen molar-refractivity contribution in [2.75, 3.05) is 26.4 Å². The van der Waals surface area contributed by atoms with Crippen molar-refractivity contribution in [3.8, 4) is 5.75 Å². The summed E-state index contributed by atoms with van der Waals surface area (Å²) in [5.74, 6) is 0.917. The topological polar surface area (TPSA) is 55.6 Å². The molecule has 1 rings (SSSR count). The van der Waals surface area contributed by atoms with Crippen LogP contribution >= 0.6 is 0 Å². The molecule has 0 heterocycles. The summed E-state index contributed by atoms with van der Waals surface area (Å²) in [7, 11) is 3.51. The number of nitrogens with two attached hydrogens (primary N) is 1. The Labute approximate surface area is 102 Å². The number of nitrogen functional groups attached to an aromatic ring is 1. The van der Waals surface area contributed by atoms with Crippen molar-refractivity contribution in [1.29, 1.82) is 0 Å². The molecule has 0 unspecified atom stereocenters. The van der Waals surface area contributed by atoms with E-state index in [1.54, 1.807) is 19.0 Å². The minimum Gasteiger partial charge on any atom is -0.493 e. The molecule has 0 fully saturated rings. The zero-order valence-electron chi connectivity index (χ0n) is 10.7. The number of anilines is 1. The minimum absolute atomic E-state index is 0.123. The third kappa shape index (κ3) is 4.34. The van der Waals surface area contributed by atoms with Gasteiger partial charge in [0.1, 0.15) is 5.75 Å². The first-order valence-electron chi connectivity index (χ1n) is 5.70. The van der Waals surface area contributed by atoms with Crippen LogP contribution in [0.3, 0.4) is 0 Å². The Balaban J connectivity index is 2.36. The summed E-state index contributed by atoms with van der Waals surface area (Å²) >= 11 is 0. The lowest BCUT2D eigenvalue weighted by atomic mass is 10.2. The molecule has 1 aromatic rings. The van der Waals surface area contributed by atoms with E-state index >= 15 is 0 Å².